The third-order valence-corrected chi connectivity index (χ3v) is 6.66. The predicted molar refractivity (Wildman–Crippen MR) is 108 cm³/mol. The highest BCUT2D eigenvalue weighted by Gasteiger charge is 2.47. The number of hydrogen-bond donors (Lipinski definition) is 2. The number of carbonyl (C=O) groups is 2. The van der Waals surface area contributed by atoms with E-state index in [1.807, 2.05) is 29.2 Å². The predicted octanol–water partition coefficient (Wildman–Crippen LogP) is 3.67. The number of nitrogens with zero attached hydrogens (tertiary/aromatic N) is 1. The maximum Gasteiger partial charge on any atom is 0.318 e. The lowest BCUT2D eigenvalue weighted by Crippen LogP contribution is -2.66. The molecule has 1 aromatic carbocycles. The molecule has 28 heavy (non-hydrogen) atoms. The van der Waals surface area contributed by atoms with E-state index < -0.39 is 0 Å². The van der Waals surface area contributed by atoms with Crippen LogP contribution in [0.5, 0.6) is 0 Å². The number of carbonyl (C=O) groups excluding carboxylic acids is 2. The Morgan fingerprint density at radius 3 is 2.61 bits per heavy atom. The SMILES string of the molecule is O=C(Nc1cccc(CNC(=O)N2CCC23CCOCC3)c1)C1CCCCC1. The number of benzene rings is 1. The molecule has 1 aliphatic carbocycles. The zero-order valence-electron chi connectivity index (χ0n) is 16.5. The Balaban J connectivity index is 1.30. The van der Waals surface area contributed by atoms with E-state index >= 15 is 0 Å². The maximum absolute atomic E-state index is 12.6. The number of anilines is 1. The minimum absolute atomic E-state index is 0.00444. The number of rotatable bonds is 4. The molecule has 0 atom stereocenters. The first-order valence-electron chi connectivity index (χ1n) is 10.7. The quantitative estimate of drug-likeness (QED) is 0.831. The molecule has 0 bridgehead atoms. The molecule has 1 saturated carbocycles. The fourth-order valence-corrected chi connectivity index (χ4v) is 4.77. The van der Waals surface area contributed by atoms with Gasteiger partial charge in [-0.3, -0.25) is 4.79 Å². The largest absolute Gasteiger partial charge is 0.381 e. The van der Waals surface area contributed by atoms with Crippen LogP contribution in [0.4, 0.5) is 10.5 Å². The van der Waals surface area contributed by atoms with Gasteiger partial charge in [0, 0.05) is 37.9 Å². The molecule has 152 valence electrons. The second-order valence-corrected chi connectivity index (χ2v) is 8.42. The summed E-state index contributed by atoms with van der Waals surface area (Å²) in [6, 6.07) is 7.79. The van der Waals surface area contributed by atoms with Gasteiger partial charge in [-0.1, -0.05) is 31.4 Å². The molecule has 6 nitrogen and oxygen atoms in total. The van der Waals surface area contributed by atoms with Crippen LogP contribution in [0.2, 0.25) is 0 Å². The summed E-state index contributed by atoms with van der Waals surface area (Å²) in [5, 5.41) is 6.11. The van der Waals surface area contributed by atoms with Gasteiger partial charge in [-0.2, -0.15) is 0 Å². The fourth-order valence-electron chi connectivity index (χ4n) is 4.77. The number of likely N-dealkylation sites (tertiary alicyclic amines) is 1. The normalized spacial score (nSPS) is 21.8. The van der Waals surface area contributed by atoms with Crippen LogP contribution in [-0.2, 0) is 16.1 Å². The van der Waals surface area contributed by atoms with Gasteiger partial charge in [0.25, 0.3) is 0 Å². The van der Waals surface area contributed by atoms with Gasteiger partial charge in [-0.05, 0) is 49.8 Å². The minimum atomic E-state index is 0.00444. The maximum atomic E-state index is 12.6. The van der Waals surface area contributed by atoms with Crippen molar-refractivity contribution < 1.29 is 14.3 Å². The Hall–Kier alpha value is -2.08. The van der Waals surface area contributed by atoms with Crippen LogP contribution in [-0.4, -0.2) is 42.1 Å². The van der Waals surface area contributed by atoms with Crippen LogP contribution in [0, 0.1) is 5.92 Å². The van der Waals surface area contributed by atoms with Gasteiger partial charge in [-0.15, -0.1) is 0 Å². The molecular weight excluding hydrogens is 354 g/mol. The van der Waals surface area contributed by atoms with Gasteiger partial charge in [-0.25, -0.2) is 4.79 Å². The molecule has 1 aromatic rings. The molecule has 2 heterocycles. The number of nitrogens with one attached hydrogen (secondary N) is 2. The summed E-state index contributed by atoms with van der Waals surface area (Å²) in [6.45, 7) is 2.78. The summed E-state index contributed by atoms with van der Waals surface area (Å²) in [4.78, 5) is 27.1. The van der Waals surface area contributed by atoms with E-state index in [0.29, 0.717) is 6.54 Å². The van der Waals surface area contributed by atoms with E-state index in [-0.39, 0.29) is 23.4 Å². The van der Waals surface area contributed by atoms with Crippen LogP contribution in [0.3, 0.4) is 0 Å². The highest BCUT2D eigenvalue weighted by molar-refractivity contribution is 5.92. The second kappa shape index (κ2) is 8.52. The summed E-state index contributed by atoms with van der Waals surface area (Å²) < 4.78 is 5.45. The van der Waals surface area contributed by atoms with Crippen LogP contribution in [0.25, 0.3) is 0 Å². The first-order valence-corrected chi connectivity index (χ1v) is 10.7. The number of amides is 3. The van der Waals surface area contributed by atoms with Gasteiger partial charge in [0.15, 0.2) is 0 Å². The Bertz CT molecular complexity index is 709. The van der Waals surface area contributed by atoms with Gasteiger partial charge in [0.05, 0.1) is 5.54 Å². The molecule has 3 fully saturated rings. The molecule has 2 saturated heterocycles. The van der Waals surface area contributed by atoms with E-state index in [0.717, 1.165) is 76.0 Å². The average Bonchev–Trinajstić information content (AvgIpc) is 2.73. The molecule has 3 amide bonds. The van der Waals surface area contributed by atoms with Crippen molar-refractivity contribution in [1.82, 2.24) is 10.2 Å². The Morgan fingerprint density at radius 2 is 1.89 bits per heavy atom. The van der Waals surface area contributed by atoms with Gasteiger partial charge < -0.3 is 20.3 Å². The van der Waals surface area contributed by atoms with Crippen LogP contribution in [0.1, 0.15) is 56.9 Å². The molecule has 2 N–H and O–H groups in total. The Morgan fingerprint density at radius 1 is 1.11 bits per heavy atom. The van der Waals surface area contributed by atoms with Crippen LogP contribution >= 0.6 is 0 Å². The lowest BCUT2D eigenvalue weighted by atomic mass is 9.78. The summed E-state index contributed by atoms with van der Waals surface area (Å²) in [6.07, 6.45) is 8.46. The van der Waals surface area contributed by atoms with Crippen molar-refractivity contribution in [1.29, 1.82) is 0 Å². The van der Waals surface area contributed by atoms with Crippen molar-refractivity contribution in [2.45, 2.75) is 63.5 Å². The van der Waals surface area contributed by atoms with Crippen LogP contribution < -0.4 is 10.6 Å². The first kappa shape index (κ1) is 19.2. The Labute approximate surface area is 167 Å². The molecule has 2 aliphatic heterocycles. The van der Waals surface area contributed by atoms with Crippen molar-refractivity contribution in [3.05, 3.63) is 29.8 Å². The second-order valence-electron chi connectivity index (χ2n) is 8.42. The third-order valence-electron chi connectivity index (χ3n) is 6.66. The number of ether oxygens (including phenoxy) is 1. The molecule has 6 heteroatoms. The molecule has 4 rings (SSSR count). The lowest BCUT2D eigenvalue weighted by molar-refractivity contribution is -0.120. The van der Waals surface area contributed by atoms with Crippen molar-refractivity contribution >= 4 is 17.6 Å². The van der Waals surface area contributed by atoms with E-state index in [1.165, 1.54) is 6.42 Å². The van der Waals surface area contributed by atoms with Gasteiger partial charge in [0.1, 0.15) is 0 Å². The van der Waals surface area contributed by atoms with Crippen molar-refractivity contribution in [2.24, 2.45) is 5.92 Å². The van der Waals surface area contributed by atoms with E-state index in [1.54, 1.807) is 0 Å². The highest BCUT2D eigenvalue weighted by atomic mass is 16.5. The summed E-state index contributed by atoms with van der Waals surface area (Å²) in [5.74, 6) is 0.266. The zero-order chi connectivity index (χ0) is 19.4. The first-order chi connectivity index (χ1) is 13.7. The fraction of sp³-hybridized carbons (Fsp3) is 0.636. The summed E-state index contributed by atoms with van der Waals surface area (Å²) in [5.41, 5.74) is 1.82. The summed E-state index contributed by atoms with van der Waals surface area (Å²) >= 11 is 0. The average molecular weight is 386 g/mol. The highest BCUT2D eigenvalue weighted by Crippen LogP contribution is 2.39. The van der Waals surface area contributed by atoms with Gasteiger partial charge in [0.2, 0.25) is 5.91 Å². The monoisotopic (exact) mass is 385 g/mol. The topological polar surface area (TPSA) is 70.7 Å². The van der Waals surface area contributed by atoms with Crippen molar-refractivity contribution in [3.8, 4) is 0 Å². The number of hydrogen-bond acceptors (Lipinski definition) is 3. The Kier molecular flexibility index (Phi) is 5.85. The molecule has 0 aromatic heterocycles. The molecule has 3 aliphatic rings. The van der Waals surface area contributed by atoms with Crippen molar-refractivity contribution in [3.63, 3.8) is 0 Å². The molecule has 0 unspecified atom stereocenters. The zero-order valence-corrected chi connectivity index (χ0v) is 16.5. The summed E-state index contributed by atoms with van der Waals surface area (Å²) in [7, 11) is 0. The van der Waals surface area contributed by atoms with E-state index in [2.05, 4.69) is 10.6 Å². The number of urea groups is 1. The minimum Gasteiger partial charge on any atom is -0.381 e. The smallest absolute Gasteiger partial charge is 0.318 e. The standard InChI is InChI=1S/C22H31N3O3/c26-20(18-6-2-1-3-7-18)24-19-8-4-5-17(15-19)16-23-21(27)25-12-9-22(25)10-13-28-14-11-22/h4-5,8,15,18H,1-3,6-7,9-14,16H2,(H,23,27)(H,24,26). The van der Waals surface area contributed by atoms with E-state index in [9.17, 15) is 9.59 Å². The van der Waals surface area contributed by atoms with Crippen LogP contribution in [0.15, 0.2) is 24.3 Å². The van der Waals surface area contributed by atoms with Crippen molar-refractivity contribution in [2.75, 3.05) is 25.1 Å². The lowest BCUT2D eigenvalue weighted by Gasteiger charge is -2.54. The third kappa shape index (κ3) is 4.17. The molecular formula is C22H31N3O3. The van der Waals surface area contributed by atoms with E-state index in [4.69, 9.17) is 4.74 Å². The molecule has 1 spiro atoms. The van der Waals surface area contributed by atoms with Gasteiger partial charge >= 0.3 is 6.03 Å². The molecule has 0 radical (unpaired) electrons.